The van der Waals surface area contributed by atoms with E-state index in [1.54, 1.807) is 32.1 Å². The van der Waals surface area contributed by atoms with Crippen molar-refractivity contribution in [2.24, 2.45) is 23.7 Å². The summed E-state index contributed by atoms with van der Waals surface area (Å²) in [7, 11) is 0. The quantitative estimate of drug-likeness (QED) is 0.212. The topological polar surface area (TPSA) is 174 Å². The first kappa shape index (κ1) is 39.5. The van der Waals surface area contributed by atoms with Crippen molar-refractivity contribution in [3.05, 3.63) is 59.3 Å². The Morgan fingerprint density at radius 1 is 0.981 bits per heavy atom. The number of ether oxygens (including phenoxy) is 6. The van der Waals surface area contributed by atoms with Gasteiger partial charge in [-0.05, 0) is 55.9 Å². The van der Waals surface area contributed by atoms with E-state index in [2.05, 4.69) is 26.8 Å². The lowest BCUT2D eigenvalue weighted by Gasteiger charge is -2.48. The molecule has 290 valence electrons. The van der Waals surface area contributed by atoms with Crippen LogP contribution in [-0.2, 0) is 33.2 Å². The first-order chi connectivity index (χ1) is 24.6. The van der Waals surface area contributed by atoms with Gasteiger partial charge in [0, 0.05) is 24.7 Å². The first-order valence-corrected chi connectivity index (χ1v) is 18.9. The van der Waals surface area contributed by atoms with Gasteiger partial charge in [-0.3, -0.25) is 4.79 Å². The van der Waals surface area contributed by atoms with Crippen LogP contribution in [-0.4, -0.2) is 117 Å². The number of allylic oxidation sites excluding steroid dienone is 2. The van der Waals surface area contributed by atoms with E-state index in [1.807, 2.05) is 32.1 Å². The van der Waals surface area contributed by atoms with Crippen LogP contribution in [0.3, 0.4) is 0 Å². The molecule has 6 rings (SSSR count). The normalized spacial score (nSPS) is 50.2. The summed E-state index contributed by atoms with van der Waals surface area (Å²) in [6.45, 7) is 13.6. The third-order valence-electron chi connectivity index (χ3n) is 12.1. The molecule has 0 saturated carbocycles. The number of rotatable bonds is 4. The zero-order chi connectivity index (χ0) is 37.7. The largest absolute Gasteiger partial charge is 0.462 e. The van der Waals surface area contributed by atoms with Crippen LogP contribution in [0, 0.1) is 23.7 Å². The average molecular weight is 731 g/mol. The summed E-state index contributed by atoms with van der Waals surface area (Å²) in [5, 5.41) is 55.0. The molecule has 3 fully saturated rings. The second kappa shape index (κ2) is 15.5. The minimum Gasteiger partial charge on any atom is -0.462 e. The van der Waals surface area contributed by atoms with Gasteiger partial charge in [-0.25, -0.2) is 0 Å². The summed E-state index contributed by atoms with van der Waals surface area (Å²) in [4.78, 5) is 14.2. The number of hydrogen-bond acceptors (Lipinski definition) is 12. The van der Waals surface area contributed by atoms with Gasteiger partial charge in [0.25, 0.3) is 0 Å². The Hall–Kier alpha value is -2.23. The fraction of sp³-hybridized carbons (Fsp3) is 0.725. The molecule has 6 aliphatic rings. The number of hydrogen-bond donors (Lipinski definition) is 5. The number of esters is 1. The second-order valence-corrected chi connectivity index (χ2v) is 16.0. The fourth-order valence-electron chi connectivity index (χ4n) is 8.65. The molecule has 5 N–H and O–H groups in total. The molecule has 12 heteroatoms. The summed E-state index contributed by atoms with van der Waals surface area (Å²) in [6, 6.07) is 0. The minimum atomic E-state index is -1.86. The summed E-state index contributed by atoms with van der Waals surface area (Å²) >= 11 is 0. The van der Waals surface area contributed by atoms with Crippen LogP contribution in [0.1, 0.15) is 74.1 Å². The fourth-order valence-corrected chi connectivity index (χ4v) is 8.65. The first-order valence-electron chi connectivity index (χ1n) is 18.9. The highest BCUT2D eigenvalue weighted by atomic mass is 16.7. The lowest BCUT2D eigenvalue weighted by atomic mass is 9.71. The van der Waals surface area contributed by atoms with Crippen LogP contribution < -0.4 is 0 Å². The maximum absolute atomic E-state index is 14.2. The van der Waals surface area contributed by atoms with Gasteiger partial charge in [-0.1, -0.05) is 70.6 Å². The van der Waals surface area contributed by atoms with Crippen molar-refractivity contribution in [1.29, 1.82) is 0 Å². The Morgan fingerprint density at radius 3 is 2.46 bits per heavy atom. The van der Waals surface area contributed by atoms with Gasteiger partial charge in [0.1, 0.15) is 48.1 Å². The van der Waals surface area contributed by atoms with Crippen LogP contribution in [0.25, 0.3) is 0 Å². The van der Waals surface area contributed by atoms with Crippen LogP contribution in [0.2, 0.25) is 0 Å². The van der Waals surface area contributed by atoms with Gasteiger partial charge in [0.2, 0.25) is 0 Å². The van der Waals surface area contributed by atoms with E-state index in [4.69, 9.17) is 28.4 Å². The van der Waals surface area contributed by atoms with Crippen molar-refractivity contribution in [2.45, 2.75) is 153 Å². The van der Waals surface area contributed by atoms with Crippen LogP contribution in [0.4, 0.5) is 0 Å². The molecule has 1 aliphatic carbocycles. The smallest absolute Gasteiger partial charge is 0.316 e. The maximum atomic E-state index is 14.2. The Labute approximate surface area is 306 Å². The summed E-state index contributed by atoms with van der Waals surface area (Å²) in [5.41, 5.74) is -0.117. The number of carbonyl (C=O) groups excluding carboxylic acids is 1. The molecule has 5 aliphatic heterocycles. The Balaban J connectivity index is 1.40. The molecule has 0 unspecified atom stereocenters. The Kier molecular flexibility index (Phi) is 11.8. The molecule has 5 heterocycles. The highest BCUT2D eigenvalue weighted by molar-refractivity contribution is 5.78. The third-order valence-corrected chi connectivity index (χ3v) is 12.1. The van der Waals surface area contributed by atoms with Crippen molar-refractivity contribution >= 4 is 5.97 Å². The monoisotopic (exact) mass is 730 g/mol. The van der Waals surface area contributed by atoms with Crippen molar-refractivity contribution in [2.75, 3.05) is 6.61 Å². The van der Waals surface area contributed by atoms with Gasteiger partial charge in [-0.2, -0.15) is 0 Å². The summed E-state index contributed by atoms with van der Waals surface area (Å²) < 4.78 is 38.1. The van der Waals surface area contributed by atoms with Crippen molar-refractivity contribution < 1.29 is 58.7 Å². The van der Waals surface area contributed by atoms with Gasteiger partial charge in [0.15, 0.2) is 12.1 Å². The molecule has 0 aromatic rings. The van der Waals surface area contributed by atoms with Gasteiger partial charge >= 0.3 is 5.97 Å². The van der Waals surface area contributed by atoms with Crippen molar-refractivity contribution in [1.82, 2.24) is 0 Å². The van der Waals surface area contributed by atoms with Crippen molar-refractivity contribution in [3.8, 4) is 0 Å². The predicted molar refractivity (Wildman–Crippen MR) is 189 cm³/mol. The number of aliphatic hydroxyl groups is 5. The second-order valence-electron chi connectivity index (χ2n) is 16.0. The average Bonchev–Trinajstić information content (AvgIpc) is 3.45. The SMILES string of the molecule is CC[C@H](C)[C@H]1O[C@]2(C=C[C@@H]1C)C[C@@H]1C[C@@H](C/C=C(\C)[C@@H](O[C@@H]3O[C@H](C)[C@@H](O)[C@H](O)[C@H]3O)[C@@H](C)/C=C/C=C3\CO[C@@H]4[C@H](O)C(C)=C[C@@H](C(=O)O1)[C@]34O)O2. The molecule has 0 radical (unpaired) electrons. The molecule has 0 aromatic heterocycles. The number of carbonyl (C=O) groups is 1. The lowest BCUT2D eigenvalue weighted by Crippen LogP contribution is -2.58. The molecule has 52 heavy (non-hydrogen) atoms. The van der Waals surface area contributed by atoms with E-state index >= 15 is 0 Å². The number of fused-ring (bicyclic) bond motifs is 2. The Bertz CT molecular complexity index is 1470. The molecule has 0 amide bonds. The molecule has 1 spiro atoms. The molecule has 17 atom stereocenters. The molecule has 12 nitrogen and oxygen atoms in total. The minimum absolute atomic E-state index is 0.00279. The highest BCUT2D eigenvalue weighted by Gasteiger charge is 2.60. The number of aliphatic hydroxyl groups excluding tert-OH is 4. The van der Waals surface area contributed by atoms with E-state index in [1.165, 1.54) is 0 Å². The zero-order valence-corrected chi connectivity index (χ0v) is 31.3. The van der Waals surface area contributed by atoms with Crippen molar-refractivity contribution in [3.63, 3.8) is 0 Å². The van der Waals surface area contributed by atoms with Crippen LogP contribution >= 0.6 is 0 Å². The Morgan fingerprint density at radius 2 is 1.73 bits per heavy atom. The van der Waals surface area contributed by atoms with E-state index in [0.717, 1.165) is 12.0 Å². The summed E-state index contributed by atoms with van der Waals surface area (Å²) in [6.07, 6.45) is 4.73. The maximum Gasteiger partial charge on any atom is 0.316 e. The predicted octanol–water partition coefficient (Wildman–Crippen LogP) is 3.16. The molecular weight excluding hydrogens is 672 g/mol. The van der Waals surface area contributed by atoms with Crippen LogP contribution in [0.15, 0.2) is 59.3 Å². The zero-order valence-electron chi connectivity index (χ0n) is 31.3. The highest BCUT2D eigenvalue weighted by Crippen LogP contribution is 2.47. The molecular formula is C40H58O12. The van der Waals surface area contributed by atoms with Gasteiger partial charge in [-0.15, -0.1) is 0 Å². The van der Waals surface area contributed by atoms with E-state index in [-0.39, 0.29) is 36.9 Å². The lowest BCUT2D eigenvalue weighted by molar-refractivity contribution is -0.303. The van der Waals surface area contributed by atoms with E-state index in [0.29, 0.717) is 24.0 Å². The molecule has 3 saturated heterocycles. The molecule has 0 aromatic carbocycles. The van der Waals surface area contributed by atoms with Gasteiger partial charge < -0.3 is 54.0 Å². The van der Waals surface area contributed by atoms with Gasteiger partial charge in [0.05, 0.1) is 31.0 Å². The summed E-state index contributed by atoms with van der Waals surface area (Å²) in [5.74, 6) is -2.80. The van der Waals surface area contributed by atoms with E-state index < -0.39 is 84.5 Å². The van der Waals surface area contributed by atoms with Crippen LogP contribution in [0.5, 0.6) is 0 Å². The standard InChI is InChI=1S/C40H58O12/c1-8-20(2)35-23(5)14-15-39(52-35)18-28-17-27(51-39)13-12-22(4)34(50-38-33(44)32(43)31(42)25(7)48-38)21(3)10-9-11-26-19-47-36-30(41)24(6)16-29(37(45)49-28)40(26,36)46/h9-12,14-16,20-21,23,25,27-36,38,41-44,46H,8,13,17-19H2,1-7H3/b10-9+,22-12+,26-11+/t20-,21-,23-,25+,27+,28-,29-,30+,31+,32-,33+,34-,35+,36+,38-,39+,40+/m0/s1. The van der Waals surface area contributed by atoms with E-state index in [9.17, 15) is 30.3 Å². The third kappa shape index (κ3) is 7.41. The molecule has 2 bridgehead atoms.